The summed E-state index contributed by atoms with van der Waals surface area (Å²) in [5.41, 5.74) is 0.666. The molecule has 4 rings (SSSR count). The van der Waals surface area contributed by atoms with E-state index < -0.39 is 5.41 Å². The number of ether oxygens (including phenoxy) is 2. The molecular weight excluding hydrogens is 332 g/mol. The van der Waals surface area contributed by atoms with E-state index in [9.17, 15) is 4.79 Å². The van der Waals surface area contributed by atoms with E-state index in [1.165, 1.54) is 19.3 Å². The number of likely N-dealkylation sites (tertiary alicyclic amines) is 1. The molecule has 3 aliphatic heterocycles. The summed E-state index contributed by atoms with van der Waals surface area (Å²) in [6, 6.07) is -0.0794. The monoisotopic (exact) mass is 362 g/mol. The lowest BCUT2D eigenvalue weighted by atomic mass is 9.85. The minimum absolute atomic E-state index is 0.0143. The molecule has 3 aliphatic rings. The first-order valence-electron chi connectivity index (χ1n) is 9.78. The molecule has 0 aromatic carbocycles. The number of amides is 1. The number of aromatic nitrogens is 2. The minimum atomic E-state index is -0.395. The van der Waals surface area contributed by atoms with Crippen LogP contribution in [0.5, 0.6) is 0 Å². The van der Waals surface area contributed by atoms with Crippen molar-refractivity contribution in [1.82, 2.24) is 19.6 Å². The van der Waals surface area contributed by atoms with E-state index in [2.05, 4.69) is 10.00 Å². The normalized spacial score (nSPS) is 29.4. The lowest BCUT2D eigenvalue weighted by molar-refractivity contribution is -0.182. The van der Waals surface area contributed by atoms with E-state index in [4.69, 9.17) is 9.47 Å². The van der Waals surface area contributed by atoms with Gasteiger partial charge in [0.15, 0.2) is 0 Å². The number of rotatable bonds is 4. The Kier molecular flexibility index (Phi) is 5.03. The van der Waals surface area contributed by atoms with E-state index in [1.54, 1.807) is 4.68 Å². The maximum atomic E-state index is 13.3. The number of carbonyl (C=O) groups excluding carboxylic acids is 1. The van der Waals surface area contributed by atoms with Crippen molar-refractivity contribution in [3.63, 3.8) is 0 Å². The van der Waals surface area contributed by atoms with Crippen molar-refractivity contribution in [1.29, 1.82) is 0 Å². The van der Waals surface area contributed by atoms with Crippen LogP contribution in [0.25, 0.3) is 0 Å². The summed E-state index contributed by atoms with van der Waals surface area (Å²) in [5, 5.41) is 4.35. The molecule has 0 aliphatic carbocycles. The first kappa shape index (κ1) is 17.9. The summed E-state index contributed by atoms with van der Waals surface area (Å²) in [6.45, 7) is 7.38. The van der Waals surface area contributed by atoms with Crippen LogP contribution in [0.1, 0.15) is 37.8 Å². The van der Waals surface area contributed by atoms with Crippen molar-refractivity contribution in [2.45, 2.75) is 38.3 Å². The Morgan fingerprint density at radius 3 is 2.65 bits per heavy atom. The zero-order chi connectivity index (χ0) is 18.1. The number of carbonyl (C=O) groups is 1. The van der Waals surface area contributed by atoms with E-state index in [1.807, 2.05) is 31.3 Å². The fourth-order valence-electron chi connectivity index (χ4n) is 4.38. The first-order chi connectivity index (χ1) is 12.6. The van der Waals surface area contributed by atoms with Crippen molar-refractivity contribution in [2.24, 2.45) is 12.5 Å². The third-order valence-electron chi connectivity index (χ3n) is 5.92. The number of morpholine rings is 1. The van der Waals surface area contributed by atoms with Gasteiger partial charge in [-0.1, -0.05) is 6.42 Å². The highest BCUT2D eigenvalue weighted by atomic mass is 16.5. The van der Waals surface area contributed by atoms with E-state index in [0.717, 1.165) is 25.2 Å². The molecule has 7 nitrogen and oxygen atoms in total. The van der Waals surface area contributed by atoms with Gasteiger partial charge in [-0.2, -0.15) is 5.10 Å². The summed E-state index contributed by atoms with van der Waals surface area (Å²) in [4.78, 5) is 17.8. The molecule has 2 atom stereocenters. The molecule has 0 N–H and O–H groups in total. The second-order valence-electron chi connectivity index (χ2n) is 8.21. The van der Waals surface area contributed by atoms with Gasteiger partial charge in [-0.15, -0.1) is 0 Å². The molecule has 1 amide bonds. The third-order valence-corrected chi connectivity index (χ3v) is 5.92. The molecule has 7 heteroatoms. The van der Waals surface area contributed by atoms with Crippen molar-refractivity contribution in [3.05, 3.63) is 18.0 Å². The van der Waals surface area contributed by atoms with E-state index in [0.29, 0.717) is 26.4 Å². The van der Waals surface area contributed by atoms with Gasteiger partial charge in [-0.3, -0.25) is 9.48 Å². The van der Waals surface area contributed by atoms with Crippen LogP contribution < -0.4 is 0 Å². The van der Waals surface area contributed by atoms with Crippen LogP contribution >= 0.6 is 0 Å². The Morgan fingerprint density at radius 1 is 1.27 bits per heavy atom. The van der Waals surface area contributed by atoms with Crippen LogP contribution in [0.2, 0.25) is 0 Å². The number of nitrogens with zero attached hydrogens (tertiary/aromatic N) is 4. The van der Waals surface area contributed by atoms with Gasteiger partial charge in [0, 0.05) is 31.9 Å². The average Bonchev–Trinajstić information content (AvgIpc) is 3.06. The van der Waals surface area contributed by atoms with Gasteiger partial charge in [-0.05, 0) is 32.9 Å². The summed E-state index contributed by atoms with van der Waals surface area (Å²) in [5.74, 6) is 0.185. The van der Waals surface area contributed by atoms with Crippen LogP contribution in [-0.2, 0) is 21.3 Å². The van der Waals surface area contributed by atoms with Crippen LogP contribution in [0.4, 0.5) is 0 Å². The van der Waals surface area contributed by atoms with Gasteiger partial charge in [-0.25, -0.2) is 0 Å². The largest absolute Gasteiger partial charge is 0.379 e. The first-order valence-corrected chi connectivity index (χ1v) is 9.78. The van der Waals surface area contributed by atoms with Crippen LogP contribution in [0.3, 0.4) is 0 Å². The number of hydrogen-bond donors (Lipinski definition) is 0. The molecule has 26 heavy (non-hydrogen) atoms. The maximum Gasteiger partial charge on any atom is 0.233 e. The summed E-state index contributed by atoms with van der Waals surface area (Å²) in [7, 11) is 1.92. The topological polar surface area (TPSA) is 59.8 Å². The number of aryl methyl sites for hydroxylation is 1. The molecule has 0 radical (unpaired) electrons. The highest BCUT2D eigenvalue weighted by molar-refractivity contribution is 5.84. The smallest absolute Gasteiger partial charge is 0.233 e. The molecule has 0 bridgehead atoms. The quantitative estimate of drug-likeness (QED) is 0.806. The Hall–Kier alpha value is -1.44. The maximum absolute atomic E-state index is 13.3. The molecular formula is C19H30N4O3. The Morgan fingerprint density at radius 2 is 2.04 bits per heavy atom. The second kappa shape index (κ2) is 7.29. The van der Waals surface area contributed by atoms with Crippen LogP contribution in [-0.4, -0.2) is 77.6 Å². The lowest BCUT2D eigenvalue weighted by Gasteiger charge is -2.47. The predicted octanol–water partition coefficient (Wildman–Crippen LogP) is 1.21. The summed E-state index contributed by atoms with van der Waals surface area (Å²) in [6.07, 6.45) is 7.70. The van der Waals surface area contributed by atoms with E-state index >= 15 is 0 Å². The van der Waals surface area contributed by atoms with Gasteiger partial charge in [0.25, 0.3) is 0 Å². The van der Waals surface area contributed by atoms with Gasteiger partial charge in [0.05, 0.1) is 43.6 Å². The summed E-state index contributed by atoms with van der Waals surface area (Å²) < 4.78 is 13.3. The van der Waals surface area contributed by atoms with Crippen LogP contribution in [0, 0.1) is 5.41 Å². The second-order valence-corrected chi connectivity index (χ2v) is 8.21. The van der Waals surface area contributed by atoms with Crippen molar-refractivity contribution < 1.29 is 14.3 Å². The molecule has 0 spiro atoms. The zero-order valence-electron chi connectivity index (χ0n) is 15.9. The summed E-state index contributed by atoms with van der Waals surface area (Å²) >= 11 is 0. The molecule has 4 heterocycles. The van der Waals surface area contributed by atoms with Crippen molar-refractivity contribution in [2.75, 3.05) is 46.0 Å². The fraction of sp³-hybridized carbons (Fsp3) is 0.789. The molecule has 1 aromatic rings. The van der Waals surface area contributed by atoms with Crippen molar-refractivity contribution in [3.8, 4) is 0 Å². The third kappa shape index (κ3) is 3.40. The molecule has 3 fully saturated rings. The molecule has 0 saturated carbocycles. The lowest BCUT2D eigenvalue weighted by Crippen LogP contribution is -2.59. The zero-order valence-corrected chi connectivity index (χ0v) is 15.9. The number of hydrogen-bond acceptors (Lipinski definition) is 5. The number of piperidine rings is 1. The Bertz CT molecular complexity index is 636. The van der Waals surface area contributed by atoms with Crippen molar-refractivity contribution >= 4 is 5.91 Å². The molecule has 0 unspecified atom stereocenters. The van der Waals surface area contributed by atoms with Gasteiger partial charge in [0.2, 0.25) is 5.91 Å². The van der Waals surface area contributed by atoms with Gasteiger partial charge < -0.3 is 19.3 Å². The molecule has 3 saturated heterocycles. The SMILES string of the molecule is Cn1cc([C@H]2[C@H](CN3CCCCC3)OCCN2C(=O)C2(C)COC2)cn1. The highest BCUT2D eigenvalue weighted by Gasteiger charge is 2.48. The van der Waals surface area contributed by atoms with Gasteiger partial charge >= 0.3 is 0 Å². The highest BCUT2D eigenvalue weighted by Crippen LogP contribution is 2.37. The van der Waals surface area contributed by atoms with Crippen LogP contribution in [0.15, 0.2) is 12.4 Å². The average molecular weight is 362 g/mol. The Balaban J connectivity index is 1.58. The standard InChI is InChI=1S/C19H30N4O3/c1-19(13-25-14-19)18(24)23-8-9-26-16(12-22-6-4-3-5-7-22)17(23)15-10-20-21(2)11-15/h10-11,16-17H,3-9,12-14H2,1-2H3/t16-,17-/m0/s1. The fourth-order valence-corrected chi connectivity index (χ4v) is 4.38. The molecule has 144 valence electrons. The molecule has 1 aromatic heterocycles. The Labute approximate surface area is 155 Å². The minimum Gasteiger partial charge on any atom is -0.379 e. The van der Waals surface area contributed by atoms with E-state index in [-0.39, 0.29) is 18.1 Å². The van der Waals surface area contributed by atoms with Gasteiger partial charge in [0.1, 0.15) is 0 Å². The predicted molar refractivity (Wildman–Crippen MR) is 96.6 cm³/mol.